The van der Waals surface area contributed by atoms with Crippen LogP contribution in [0, 0.1) is 5.92 Å². The topological polar surface area (TPSA) is 89.4 Å². The molecule has 4 N–H and O–H groups in total. The smallest absolute Gasteiger partial charge is 0.223 e. The molecule has 0 aliphatic rings. The lowest BCUT2D eigenvalue weighted by atomic mass is 10.0. The number of carbonyl (C=O) groups excluding carboxylic acids is 2. The molecule has 0 radical (unpaired) electrons. The van der Waals surface area contributed by atoms with Crippen LogP contribution in [0.3, 0.4) is 0 Å². The van der Waals surface area contributed by atoms with Gasteiger partial charge in [-0.3, -0.25) is 9.59 Å². The van der Waals surface area contributed by atoms with E-state index >= 15 is 0 Å². The van der Waals surface area contributed by atoms with Crippen LogP contribution in [0.25, 0.3) is 0 Å². The summed E-state index contributed by atoms with van der Waals surface area (Å²) in [5.41, 5.74) is 11.9. The van der Waals surface area contributed by atoms with Crippen molar-refractivity contribution < 1.29 is 9.59 Å². The van der Waals surface area contributed by atoms with Gasteiger partial charge in [-0.15, -0.1) is 0 Å². The fourth-order valence-corrected chi connectivity index (χ4v) is 2.11. The summed E-state index contributed by atoms with van der Waals surface area (Å²) >= 11 is 0. The van der Waals surface area contributed by atoms with Crippen molar-refractivity contribution >= 4 is 11.8 Å². The number of nitrogens with two attached hydrogens (primary N) is 2. The lowest BCUT2D eigenvalue weighted by Crippen LogP contribution is -2.35. The molecule has 1 aromatic rings. The van der Waals surface area contributed by atoms with Crippen molar-refractivity contribution in [2.45, 2.75) is 32.7 Å². The highest BCUT2D eigenvalue weighted by Gasteiger charge is 2.18. The molecule has 0 aliphatic heterocycles. The summed E-state index contributed by atoms with van der Waals surface area (Å²) in [7, 11) is 0. The molecule has 0 heterocycles. The summed E-state index contributed by atoms with van der Waals surface area (Å²) in [5.74, 6) is -0.187. The van der Waals surface area contributed by atoms with Crippen LogP contribution < -0.4 is 11.5 Å². The average Bonchev–Trinajstić information content (AvgIpc) is 2.49. The monoisotopic (exact) mass is 291 g/mol. The lowest BCUT2D eigenvalue weighted by Gasteiger charge is -2.24. The SMILES string of the molecule is CCC(CN)CC(=O)N(CCC(N)=O)Cc1ccccc1. The Hall–Kier alpha value is -1.88. The molecule has 5 nitrogen and oxygen atoms in total. The van der Waals surface area contributed by atoms with Crippen molar-refractivity contribution in [3.05, 3.63) is 35.9 Å². The van der Waals surface area contributed by atoms with Crippen molar-refractivity contribution in [3.63, 3.8) is 0 Å². The second-order valence-corrected chi connectivity index (χ2v) is 5.23. The van der Waals surface area contributed by atoms with Crippen molar-refractivity contribution in [1.29, 1.82) is 0 Å². The molecular formula is C16H25N3O2. The summed E-state index contributed by atoms with van der Waals surface area (Å²) in [4.78, 5) is 25.1. The molecule has 0 bridgehead atoms. The molecule has 116 valence electrons. The van der Waals surface area contributed by atoms with Crippen LogP contribution in [-0.2, 0) is 16.1 Å². The number of amides is 2. The molecule has 21 heavy (non-hydrogen) atoms. The Balaban J connectivity index is 2.71. The number of benzene rings is 1. The molecule has 5 heteroatoms. The Morgan fingerprint density at radius 1 is 1.24 bits per heavy atom. The van der Waals surface area contributed by atoms with Gasteiger partial charge in [-0.1, -0.05) is 43.7 Å². The maximum Gasteiger partial charge on any atom is 0.223 e. The van der Waals surface area contributed by atoms with Crippen molar-refractivity contribution in [3.8, 4) is 0 Å². The highest BCUT2D eigenvalue weighted by atomic mass is 16.2. The molecule has 1 aromatic carbocycles. The predicted octanol–water partition coefficient (Wildman–Crippen LogP) is 1.27. The Bertz CT molecular complexity index is 444. The normalized spacial score (nSPS) is 11.9. The molecule has 0 spiro atoms. The quantitative estimate of drug-likeness (QED) is 0.718. The van der Waals surface area contributed by atoms with Crippen molar-refractivity contribution in [1.82, 2.24) is 4.90 Å². The van der Waals surface area contributed by atoms with Gasteiger partial charge in [-0.05, 0) is 18.0 Å². The maximum atomic E-state index is 12.4. The van der Waals surface area contributed by atoms with E-state index < -0.39 is 5.91 Å². The first kappa shape index (κ1) is 17.2. The van der Waals surface area contributed by atoms with Crippen molar-refractivity contribution in [2.75, 3.05) is 13.1 Å². The number of nitrogens with zero attached hydrogens (tertiary/aromatic N) is 1. The number of hydrogen-bond donors (Lipinski definition) is 2. The fourth-order valence-electron chi connectivity index (χ4n) is 2.11. The Kier molecular flexibility index (Phi) is 7.46. The summed E-state index contributed by atoms with van der Waals surface area (Å²) in [6.07, 6.45) is 1.47. The lowest BCUT2D eigenvalue weighted by molar-refractivity contribution is -0.133. The minimum atomic E-state index is -0.397. The zero-order valence-corrected chi connectivity index (χ0v) is 12.6. The number of primary amides is 1. The van der Waals surface area contributed by atoms with Gasteiger partial charge in [0, 0.05) is 25.9 Å². The third-order valence-corrected chi connectivity index (χ3v) is 3.57. The van der Waals surface area contributed by atoms with Gasteiger partial charge in [-0.2, -0.15) is 0 Å². The second kappa shape index (κ2) is 9.13. The van der Waals surface area contributed by atoms with Gasteiger partial charge in [0.05, 0.1) is 0 Å². The van der Waals surface area contributed by atoms with Crippen LogP contribution in [0.5, 0.6) is 0 Å². The molecule has 1 atom stereocenters. The summed E-state index contributed by atoms with van der Waals surface area (Å²) in [6.45, 7) is 3.37. The Morgan fingerprint density at radius 3 is 2.43 bits per heavy atom. The number of carbonyl (C=O) groups is 2. The first-order valence-electron chi connectivity index (χ1n) is 7.36. The maximum absolute atomic E-state index is 12.4. The summed E-state index contributed by atoms with van der Waals surface area (Å²) in [5, 5.41) is 0. The minimum absolute atomic E-state index is 0.0254. The molecule has 1 rings (SSSR count). The molecule has 0 fully saturated rings. The van der Waals surface area contributed by atoms with E-state index in [0.29, 0.717) is 26.1 Å². The van der Waals surface area contributed by atoms with Crippen LogP contribution in [0.15, 0.2) is 30.3 Å². The standard InChI is InChI=1S/C16H25N3O2/c1-2-13(11-17)10-16(21)19(9-8-15(18)20)12-14-6-4-3-5-7-14/h3-7,13H,2,8-12,17H2,1H3,(H2,18,20). The van der Waals surface area contributed by atoms with E-state index in [-0.39, 0.29) is 18.2 Å². The van der Waals surface area contributed by atoms with Crippen LogP contribution in [0.1, 0.15) is 31.7 Å². The molecule has 0 aromatic heterocycles. The second-order valence-electron chi connectivity index (χ2n) is 5.23. The zero-order valence-electron chi connectivity index (χ0n) is 12.6. The van der Waals surface area contributed by atoms with Gasteiger partial charge < -0.3 is 16.4 Å². The van der Waals surface area contributed by atoms with Gasteiger partial charge in [0.2, 0.25) is 11.8 Å². The highest BCUT2D eigenvalue weighted by Crippen LogP contribution is 2.12. The van der Waals surface area contributed by atoms with Crippen LogP contribution in [0.2, 0.25) is 0 Å². The molecule has 0 saturated carbocycles. The fraction of sp³-hybridized carbons (Fsp3) is 0.500. The Labute approximate surface area is 126 Å². The third-order valence-electron chi connectivity index (χ3n) is 3.57. The summed E-state index contributed by atoms with van der Waals surface area (Å²) in [6, 6.07) is 9.72. The van der Waals surface area contributed by atoms with E-state index in [1.807, 2.05) is 37.3 Å². The third kappa shape index (κ3) is 6.40. The van der Waals surface area contributed by atoms with Gasteiger partial charge in [0.15, 0.2) is 0 Å². The number of rotatable bonds is 9. The molecule has 0 saturated heterocycles. The summed E-state index contributed by atoms with van der Waals surface area (Å²) < 4.78 is 0. The van der Waals surface area contributed by atoms with Crippen molar-refractivity contribution in [2.24, 2.45) is 17.4 Å². The van der Waals surface area contributed by atoms with Crippen LogP contribution in [-0.4, -0.2) is 29.8 Å². The van der Waals surface area contributed by atoms with Crippen LogP contribution >= 0.6 is 0 Å². The van der Waals surface area contributed by atoms with Gasteiger partial charge in [0.25, 0.3) is 0 Å². The first-order valence-corrected chi connectivity index (χ1v) is 7.36. The number of hydrogen-bond acceptors (Lipinski definition) is 3. The van der Waals surface area contributed by atoms with E-state index in [1.165, 1.54) is 0 Å². The van der Waals surface area contributed by atoms with E-state index in [4.69, 9.17) is 11.5 Å². The van der Waals surface area contributed by atoms with Gasteiger partial charge in [0.1, 0.15) is 0 Å². The van der Waals surface area contributed by atoms with E-state index in [1.54, 1.807) is 4.90 Å². The van der Waals surface area contributed by atoms with Crippen LogP contribution in [0.4, 0.5) is 0 Å². The average molecular weight is 291 g/mol. The van der Waals surface area contributed by atoms with E-state index in [9.17, 15) is 9.59 Å². The predicted molar refractivity (Wildman–Crippen MR) is 83.1 cm³/mol. The van der Waals surface area contributed by atoms with Gasteiger partial charge >= 0.3 is 0 Å². The van der Waals surface area contributed by atoms with E-state index in [0.717, 1.165) is 12.0 Å². The zero-order chi connectivity index (χ0) is 15.7. The first-order chi connectivity index (χ1) is 10.1. The molecule has 2 amide bonds. The molecule has 0 aliphatic carbocycles. The van der Waals surface area contributed by atoms with Gasteiger partial charge in [-0.25, -0.2) is 0 Å². The van der Waals surface area contributed by atoms with E-state index in [2.05, 4.69) is 0 Å². The Morgan fingerprint density at radius 2 is 1.90 bits per heavy atom. The molecule has 1 unspecified atom stereocenters. The largest absolute Gasteiger partial charge is 0.370 e. The minimum Gasteiger partial charge on any atom is -0.370 e. The molecular weight excluding hydrogens is 266 g/mol. The highest BCUT2D eigenvalue weighted by molar-refractivity contribution is 5.78.